The van der Waals surface area contributed by atoms with E-state index >= 15 is 0 Å². The molecule has 2 N–H and O–H groups in total. The number of aryl methyl sites for hydroxylation is 1. The third-order valence-electron chi connectivity index (χ3n) is 4.32. The average Bonchev–Trinajstić information content (AvgIpc) is 3.16. The number of hydrogen-bond donors (Lipinski definition) is 2. The number of hydrogen-bond acceptors (Lipinski definition) is 5. The SMILES string of the molecule is Cc1nc(-c2cccs2)ccc1C(=O)NCC1(O)CCOC1C. The number of aliphatic hydroxyl groups is 1. The van der Waals surface area contributed by atoms with Gasteiger partial charge in [-0.15, -0.1) is 11.3 Å². The predicted octanol–water partition coefficient (Wildman–Crippen LogP) is 2.39. The van der Waals surface area contributed by atoms with Gasteiger partial charge in [0.15, 0.2) is 0 Å². The van der Waals surface area contributed by atoms with Gasteiger partial charge in [0.2, 0.25) is 0 Å². The zero-order chi connectivity index (χ0) is 16.4. The highest BCUT2D eigenvalue weighted by Gasteiger charge is 2.39. The van der Waals surface area contributed by atoms with Crippen molar-refractivity contribution >= 4 is 17.2 Å². The molecule has 6 heteroatoms. The summed E-state index contributed by atoms with van der Waals surface area (Å²) in [6.45, 7) is 4.34. The Morgan fingerprint density at radius 1 is 1.52 bits per heavy atom. The predicted molar refractivity (Wildman–Crippen MR) is 89.6 cm³/mol. The van der Waals surface area contributed by atoms with Gasteiger partial charge >= 0.3 is 0 Å². The minimum Gasteiger partial charge on any atom is -0.385 e. The molecule has 3 heterocycles. The summed E-state index contributed by atoms with van der Waals surface area (Å²) < 4.78 is 5.37. The molecule has 122 valence electrons. The molecule has 1 fully saturated rings. The van der Waals surface area contributed by atoms with Gasteiger partial charge in [-0.2, -0.15) is 0 Å². The highest BCUT2D eigenvalue weighted by Crippen LogP contribution is 2.26. The van der Waals surface area contributed by atoms with E-state index in [-0.39, 0.29) is 18.6 Å². The third kappa shape index (κ3) is 3.29. The Morgan fingerprint density at radius 3 is 2.96 bits per heavy atom. The minimum atomic E-state index is -0.992. The Balaban J connectivity index is 1.70. The molecule has 0 saturated carbocycles. The number of carbonyl (C=O) groups excluding carboxylic acids is 1. The fourth-order valence-corrected chi connectivity index (χ4v) is 3.39. The first kappa shape index (κ1) is 16.1. The second-order valence-corrected chi connectivity index (χ2v) is 6.80. The summed E-state index contributed by atoms with van der Waals surface area (Å²) in [5, 5.41) is 15.2. The van der Waals surface area contributed by atoms with Gasteiger partial charge in [-0.25, -0.2) is 0 Å². The van der Waals surface area contributed by atoms with Crippen molar-refractivity contribution < 1.29 is 14.6 Å². The van der Waals surface area contributed by atoms with Crippen molar-refractivity contribution in [2.75, 3.05) is 13.2 Å². The maximum Gasteiger partial charge on any atom is 0.253 e. The van der Waals surface area contributed by atoms with E-state index in [9.17, 15) is 9.90 Å². The number of amides is 1. The first-order valence-corrected chi connectivity index (χ1v) is 8.51. The van der Waals surface area contributed by atoms with Gasteiger partial charge in [0.25, 0.3) is 5.91 Å². The van der Waals surface area contributed by atoms with Crippen molar-refractivity contribution in [1.29, 1.82) is 0 Å². The van der Waals surface area contributed by atoms with E-state index in [2.05, 4.69) is 10.3 Å². The van der Waals surface area contributed by atoms with Crippen LogP contribution in [0.4, 0.5) is 0 Å². The number of rotatable bonds is 4. The van der Waals surface area contributed by atoms with Gasteiger partial charge in [-0.05, 0) is 37.4 Å². The Morgan fingerprint density at radius 2 is 2.35 bits per heavy atom. The fourth-order valence-electron chi connectivity index (χ4n) is 2.69. The van der Waals surface area contributed by atoms with Crippen LogP contribution in [0.15, 0.2) is 29.6 Å². The Bertz CT molecular complexity index is 702. The van der Waals surface area contributed by atoms with Crippen molar-refractivity contribution in [1.82, 2.24) is 10.3 Å². The number of thiophene rings is 1. The van der Waals surface area contributed by atoms with E-state index in [0.29, 0.717) is 24.3 Å². The lowest BCUT2D eigenvalue weighted by Gasteiger charge is -2.26. The van der Waals surface area contributed by atoms with E-state index in [1.165, 1.54) is 0 Å². The van der Waals surface area contributed by atoms with Crippen LogP contribution in [-0.4, -0.2) is 40.9 Å². The number of aromatic nitrogens is 1. The summed E-state index contributed by atoms with van der Waals surface area (Å²) in [6.07, 6.45) is 0.256. The Hall–Kier alpha value is -1.76. The smallest absolute Gasteiger partial charge is 0.253 e. The van der Waals surface area contributed by atoms with E-state index < -0.39 is 5.60 Å². The molecule has 2 unspecified atom stereocenters. The fraction of sp³-hybridized carbons (Fsp3) is 0.412. The number of nitrogens with one attached hydrogen (secondary N) is 1. The van der Waals surface area contributed by atoms with Gasteiger partial charge < -0.3 is 15.2 Å². The monoisotopic (exact) mass is 332 g/mol. The summed E-state index contributed by atoms with van der Waals surface area (Å²) in [7, 11) is 0. The van der Waals surface area contributed by atoms with Crippen LogP contribution in [0.3, 0.4) is 0 Å². The quantitative estimate of drug-likeness (QED) is 0.902. The second-order valence-electron chi connectivity index (χ2n) is 5.86. The van der Waals surface area contributed by atoms with Gasteiger partial charge in [-0.1, -0.05) is 6.07 Å². The van der Waals surface area contributed by atoms with Crippen LogP contribution in [0.1, 0.15) is 29.4 Å². The molecular weight excluding hydrogens is 312 g/mol. The Kier molecular flexibility index (Phi) is 4.48. The highest BCUT2D eigenvalue weighted by molar-refractivity contribution is 7.13. The molecule has 0 bridgehead atoms. The average molecular weight is 332 g/mol. The first-order valence-electron chi connectivity index (χ1n) is 7.63. The van der Waals surface area contributed by atoms with E-state index in [4.69, 9.17) is 4.74 Å². The molecule has 2 atom stereocenters. The molecule has 1 saturated heterocycles. The zero-order valence-electron chi connectivity index (χ0n) is 13.2. The zero-order valence-corrected chi connectivity index (χ0v) is 14.0. The summed E-state index contributed by atoms with van der Waals surface area (Å²) in [5.41, 5.74) is 1.08. The molecule has 0 aromatic carbocycles. The maximum absolute atomic E-state index is 12.4. The van der Waals surface area contributed by atoms with Crippen molar-refractivity contribution in [3.05, 3.63) is 40.9 Å². The summed E-state index contributed by atoms with van der Waals surface area (Å²) in [6, 6.07) is 7.61. The van der Waals surface area contributed by atoms with Gasteiger partial charge in [-0.3, -0.25) is 9.78 Å². The van der Waals surface area contributed by atoms with Crippen LogP contribution in [0.2, 0.25) is 0 Å². The lowest BCUT2D eigenvalue weighted by atomic mass is 9.96. The molecule has 2 aromatic heterocycles. The minimum absolute atomic E-state index is 0.180. The summed E-state index contributed by atoms with van der Waals surface area (Å²) in [4.78, 5) is 18.0. The van der Waals surface area contributed by atoms with Crippen LogP contribution in [-0.2, 0) is 4.74 Å². The highest BCUT2D eigenvalue weighted by atomic mass is 32.1. The molecule has 0 aliphatic carbocycles. The molecule has 23 heavy (non-hydrogen) atoms. The molecule has 1 aliphatic heterocycles. The maximum atomic E-state index is 12.4. The summed E-state index contributed by atoms with van der Waals surface area (Å²) in [5.74, 6) is -0.222. The van der Waals surface area contributed by atoms with Crippen LogP contribution < -0.4 is 5.32 Å². The number of carbonyl (C=O) groups is 1. The lowest BCUT2D eigenvalue weighted by molar-refractivity contribution is -0.0251. The molecule has 1 amide bonds. The molecule has 1 aliphatic rings. The van der Waals surface area contributed by atoms with E-state index in [1.54, 1.807) is 17.4 Å². The molecule has 3 rings (SSSR count). The first-order chi connectivity index (χ1) is 11.0. The molecule has 5 nitrogen and oxygen atoms in total. The molecule has 0 spiro atoms. The van der Waals surface area contributed by atoms with Crippen LogP contribution in [0.5, 0.6) is 0 Å². The normalized spacial score (nSPS) is 23.9. The van der Waals surface area contributed by atoms with E-state index in [0.717, 1.165) is 10.6 Å². The van der Waals surface area contributed by atoms with Crippen LogP contribution >= 0.6 is 11.3 Å². The second kappa shape index (κ2) is 6.39. The number of pyridine rings is 1. The molecule has 0 radical (unpaired) electrons. The largest absolute Gasteiger partial charge is 0.385 e. The van der Waals surface area contributed by atoms with Crippen LogP contribution in [0, 0.1) is 6.92 Å². The molecule has 2 aromatic rings. The third-order valence-corrected chi connectivity index (χ3v) is 5.21. The van der Waals surface area contributed by atoms with Gasteiger partial charge in [0.05, 0.1) is 27.9 Å². The number of nitrogens with zero attached hydrogens (tertiary/aromatic N) is 1. The van der Waals surface area contributed by atoms with Crippen molar-refractivity contribution in [3.8, 4) is 10.6 Å². The summed E-state index contributed by atoms with van der Waals surface area (Å²) >= 11 is 1.62. The number of ether oxygens (including phenoxy) is 1. The Labute approximate surface area is 139 Å². The topological polar surface area (TPSA) is 71.5 Å². The van der Waals surface area contributed by atoms with Crippen molar-refractivity contribution in [2.24, 2.45) is 0 Å². The van der Waals surface area contributed by atoms with Crippen molar-refractivity contribution in [2.45, 2.75) is 32.0 Å². The lowest BCUT2D eigenvalue weighted by Crippen LogP contribution is -2.47. The van der Waals surface area contributed by atoms with Gasteiger partial charge in [0.1, 0.15) is 5.60 Å². The molecular formula is C17H20N2O3S. The van der Waals surface area contributed by atoms with Crippen LogP contribution in [0.25, 0.3) is 10.6 Å². The van der Waals surface area contributed by atoms with Gasteiger partial charge in [0, 0.05) is 19.6 Å². The van der Waals surface area contributed by atoms with Crippen molar-refractivity contribution in [3.63, 3.8) is 0 Å². The standard InChI is InChI=1S/C17H20N2O3S/c1-11-13(5-6-14(19-11)15-4-3-9-23-15)16(20)18-10-17(21)7-8-22-12(17)2/h3-6,9,12,21H,7-8,10H2,1-2H3,(H,18,20). The van der Waals surface area contributed by atoms with E-state index in [1.807, 2.05) is 37.4 Å².